The Morgan fingerprint density at radius 3 is 2.70 bits per heavy atom. The number of nitrogen functional groups attached to an aromatic ring is 1. The van der Waals surface area contributed by atoms with Gasteiger partial charge in [0.05, 0.1) is 23.3 Å². The van der Waals surface area contributed by atoms with Gasteiger partial charge in [0.1, 0.15) is 0 Å². The van der Waals surface area contributed by atoms with Crippen LogP contribution < -0.4 is 11.1 Å². The number of anilines is 1. The molecule has 1 aromatic heterocycles. The first-order chi connectivity index (χ1) is 9.74. The molecule has 2 aromatic carbocycles. The Morgan fingerprint density at radius 2 is 2.00 bits per heavy atom. The summed E-state index contributed by atoms with van der Waals surface area (Å²) in [6, 6.07) is 11.5. The summed E-state index contributed by atoms with van der Waals surface area (Å²) < 4.78 is 0. The zero-order valence-corrected chi connectivity index (χ0v) is 11.5. The molecule has 0 atom stereocenters. The molecule has 0 aliphatic carbocycles. The summed E-state index contributed by atoms with van der Waals surface area (Å²) in [4.78, 5) is 16.3. The minimum absolute atomic E-state index is 0.179. The second-order valence-corrected chi connectivity index (χ2v) is 5.17. The van der Waals surface area contributed by atoms with E-state index in [9.17, 15) is 4.79 Å². The van der Waals surface area contributed by atoms with Crippen molar-refractivity contribution >= 4 is 33.7 Å². The van der Waals surface area contributed by atoms with Gasteiger partial charge in [-0.1, -0.05) is 24.3 Å². The van der Waals surface area contributed by atoms with Crippen LogP contribution in [0.4, 0.5) is 5.69 Å². The van der Waals surface area contributed by atoms with Crippen LogP contribution >= 0.6 is 11.3 Å². The van der Waals surface area contributed by atoms with Crippen molar-refractivity contribution in [3.05, 3.63) is 58.5 Å². The highest BCUT2D eigenvalue weighted by Gasteiger charge is 2.11. The van der Waals surface area contributed by atoms with Gasteiger partial charge in [0.25, 0.3) is 5.91 Å². The fourth-order valence-electron chi connectivity index (χ4n) is 2.05. The number of carbonyl (C=O) groups is 1. The van der Waals surface area contributed by atoms with Gasteiger partial charge < -0.3 is 11.1 Å². The lowest BCUT2D eigenvalue weighted by Crippen LogP contribution is -2.23. The van der Waals surface area contributed by atoms with E-state index in [1.807, 2.05) is 41.8 Å². The summed E-state index contributed by atoms with van der Waals surface area (Å²) in [6.45, 7) is 0.411. The van der Waals surface area contributed by atoms with E-state index in [1.165, 1.54) is 11.3 Å². The molecule has 0 radical (unpaired) electrons. The van der Waals surface area contributed by atoms with Crippen molar-refractivity contribution in [2.24, 2.45) is 0 Å². The molecule has 20 heavy (non-hydrogen) atoms. The van der Waals surface area contributed by atoms with Gasteiger partial charge in [0.2, 0.25) is 0 Å². The van der Waals surface area contributed by atoms with Gasteiger partial charge in [-0.2, -0.15) is 0 Å². The Morgan fingerprint density at radius 1 is 1.25 bits per heavy atom. The number of hydrogen-bond donors (Lipinski definition) is 2. The van der Waals surface area contributed by atoms with Gasteiger partial charge in [-0.05, 0) is 22.9 Å². The van der Waals surface area contributed by atoms with Crippen LogP contribution in [0, 0.1) is 0 Å². The summed E-state index contributed by atoms with van der Waals surface area (Å²) in [5.41, 5.74) is 9.54. The maximum absolute atomic E-state index is 12.2. The number of amides is 1. The average Bonchev–Trinajstić information content (AvgIpc) is 2.97. The van der Waals surface area contributed by atoms with Crippen molar-refractivity contribution in [1.29, 1.82) is 0 Å². The molecule has 0 fully saturated rings. The molecule has 0 unspecified atom stereocenters. The van der Waals surface area contributed by atoms with Gasteiger partial charge in [-0.3, -0.25) is 4.79 Å². The number of thiazole rings is 1. The third kappa shape index (κ3) is 2.48. The number of aromatic nitrogens is 1. The van der Waals surface area contributed by atoms with Crippen LogP contribution in [0.15, 0.2) is 47.3 Å². The summed E-state index contributed by atoms with van der Waals surface area (Å²) in [6.07, 6.45) is 0. The zero-order chi connectivity index (χ0) is 13.9. The molecule has 0 aliphatic rings. The van der Waals surface area contributed by atoms with Gasteiger partial charge >= 0.3 is 0 Å². The maximum atomic E-state index is 12.2. The molecule has 0 saturated carbocycles. The van der Waals surface area contributed by atoms with Gasteiger partial charge in [0.15, 0.2) is 0 Å². The maximum Gasteiger partial charge on any atom is 0.253 e. The molecule has 4 nitrogen and oxygen atoms in total. The Kier molecular flexibility index (Phi) is 3.35. The lowest BCUT2D eigenvalue weighted by molar-refractivity contribution is 0.0951. The first kappa shape index (κ1) is 12.6. The van der Waals surface area contributed by atoms with Crippen LogP contribution in [0.1, 0.15) is 16.1 Å². The molecular formula is C15H13N3OS. The van der Waals surface area contributed by atoms with E-state index < -0.39 is 0 Å². The summed E-state index contributed by atoms with van der Waals surface area (Å²) in [5.74, 6) is -0.179. The molecule has 1 heterocycles. The van der Waals surface area contributed by atoms with Gasteiger partial charge in [0, 0.05) is 11.1 Å². The highest BCUT2D eigenvalue weighted by atomic mass is 32.1. The molecule has 0 saturated heterocycles. The molecule has 0 aliphatic heterocycles. The van der Waals surface area contributed by atoms with Gasteiger partial charge in [-0.25, -0.2) is 4.98 Å². The van der Waals surface area contributed by atoms with Crippen molar-refractivity contribution in [1.82, 2.24) is 10.3 Å². The average molecular weight is 283 g/mol. The van der Waals surface area contributed by atoms with Crippen molar-refractivity contribution in [2.75, 3.05) is 5.73 Å². The third-order valence-corrected chi connectivity index (χ3v) is 3.71. The predicted molar refractivity (Wildman–Crippen MR) is 81.6 cm³/mol. The largest absolute Gasteiger partial charge is 0.398 e. The number of rotatable bonds is 3. The standard InChI is InChI=1S/C15H13N3OS/c16-14-6-11-4-2-1-3-10(11)5-13(14)15(19)17-7-12-8-20-9-18-12/h1-6,8-9H,7,16H2,(H,17,19). The fraction of sp³-hybridized carbons (Fsp3) is 0.0667. The lowest BCUT2D eigenvalue weighted by Gasteiger charge is -2.08. The molecule has 1 amide bonds. The highest BCUT2D eigenvalue weighted by molar-refractivity contribution is 7.07. The number of benzene rings is 2. The Balaban J connectivity index is 1.85. The number of fused-ring (bicyclic) bond motifs is 1. The number of nitrogens with zero attached hydrogens (tertiary/aromatic N) is 1. The Bertz CT molecular complexity index is 753. The SMILES string of the molecule is Nc1cc2ccccc2cc1C(=O)NCc1cscn1. The quantitative estimate of drug-likeness (QED) is 0.726. The molecule has 5 heteroatoms. The topological polar surface area (TPSA) is 68.0 Å². The van der Waals surface area contributed by atoms with E-state index >= 15 is 0 Å². The van der Waals surface area contributed by atoms with E-state index in [0.29, 0.717) is 17.8 Å². The van der Waals surface area contributed by atoms with Crippen molar-refractivity contribution in [3.63, 3.8) is 0 Å². The summed E-state index contributed by atoms with van der Waals surface area (Å²) in [7, 11) is 0. The molecule has 0 spiro atoms. The van der Waals surface area contributed by atoms with E-state index in [2.05, 4.69) is 10.3 Å². The van der Waals surface area contributed by atoms with Crippen LogP contribution in [-0.4, -0.2) is 10.9 Å². The normalized spacial score (nSPS) is 10.6. The van der Waals surface area contributed by atoms with E-state index in [1.54, 1.807) is 5.51 Å². The number of carbonyl (C=O) groups excluding carboxylic acids is 1. The smallest absolute Gasteiger partial charge is 0.253 e. The first-order valence-corrected chi connectivity index (χ1v) is 7.12. The van der Waals surface area contributed by atoms with Gasteiger partial charge in [-0.15, -0.1) is 11.3 Å². The zero-order valence-electron chi connectivity index (χ0n) is 10.7. The summed E-state index contributed by atoms with van der Waals surface area (Å²) >= 11 is 1.50. The Labute approximate surface area is 120 Å². The van der Waals surface area contributed by atoms with E-state index in [-0.39, 0.29) is 5.91 Å². The van der Waals surface area contributed by atoms with Crippen LogP contribution in [-0.2, 0) is 6.54 Å². The third-order valence-electron chi connectivity index (χ3n) is 3.08. The molecule has 3 rings (SSSR count). The minimum Gasteiger partial charge on any atom is -0.398 e. The molecule has 3 N–H and O–H groups in total. The minimum atomic E-state index is -0.179. The predicted octanol–water partition coefficient (Wildman–Crippen LogP) is 2.81. The van der Waals surface area contributed by atoms with Crippen LogP contribution in [0.3, 0.4) is 0 Å². The van der Waals surface area contributed by atoms with E-state index in [4.69, 9.17) is 5.73 Å². The van der Waals surface area contributed by atoms with Crippen molar-refractivity contribution < 1.29 is 4.79 Å². The monoisotopic (exact) mass is 283 g/mol. The van der Waals surface area contributed by atoms with Crippen LogP contribution in [0.2, 0.25) is 0 Å². The number of hydrogen-bond acceptors (Lipinski definition) is 4. The Hall–Kier alpha value is -2.40. The molecular weight excluding hydrogens is 270 g/mol. The van der Waals surface area contributed by atoms with Crippen LogP contribution in [0.5, 0.6) is 0 Å². The van der Waals surface area contributed by atoms with Crippen molar-refractivity contribution in [3.8, 4) is 0 Å². The first-order valence-electron chi connectivity index (χ1n) is 6.17. The molecule has 0 bridgehead atoms. The molecule has 100 valence electrons. The number of nitrogens with two attached hydrogens (primary N) is 1. The second kappa shape index (κ2) is 5.30. The lowest BCUT2D eigenvalue weighted by atomic mass is 10.0. The molecule has 3 aromatic rings. The second-order valence-electron chi connectivity index (χ2n) is 4.45. The fourth-order valence-corrected chi connectivity index (χ4v) is 2.60. The van der Waals surface area contributed by atoms with Crippen LogP contribution in [0.25, 0.3) is 10.8 Å². The number of nitrogens with one attached hydrogen (secondary N) is 1. The van der Waals surface area contributed by atoms with E-state index in [0.717, 1.165) is 16.5 Å². The highest BCUT2D eigenvalue weighted by Crippen LogP contribution is 2.21. The van der Waals surface area contributed by atoms with Crippen molar-refractivity contribution in [2.45, 2.75) is 6.54 Å². The summed E-state index contributed by atoms with van der Waals surface area (Å²) in [5, 5.41) is 6.77.